The monoisotopic (exact) mass is 453 g/mol. The van der Waals surface area contributed by atoms with Crippen molar-refractivity contribution in [1.29, 1.82) is 0 Å². The zero-order valence-electron chi connectivity index (χ0n) is 18.7. The lowest BCUT2D eigenvalue weighted by Crippen LogP contribution is -2.28. The number of aromatic carboxylic acids is 1. The van der Waals surface area contributed by atoms with E-state index in [1.54, 1.807) is 24.1 Å². The molecule has 32 heavy (non-hydrogen) atoms. The normalized spacial score (nSPS) is 16.1. The third-order valence-electron chi connectivity index (χ3n) is 5.15. The zero-order valence-corrected chi connectivity index (χ0v) is 19.5. The minimum Gasteiger partial charge on any atom is -0.496 e. The van der Waals surface area contributed by atoms with Crippen molar-refractivity contribution in [1.82, 2.24) is 4.90 Å². The lowest BCUT2D eigenvalue weighted by atomic mass is 10.1. The molecule has 0 atom stereocenters. The molecule has 0 saturated carbocycles. The van der Waals surface area contributed by atoms with Gasteiger partial charge in [0.1, 0.15) is 5.75 Å². The highest BCUT2D eigenvalue weighted by Crippen LogP contribution is 2.36. The number of benzene rings is 2. The van der Waals surface area contributed by atoms with Crippen molar-refractivity contribution in [2.24, 2.45) is 4.99 Å². The maximum absolute atomic E-state index is 13.0. The van der Waals surface area contributed by atoms with Crippen LogP contribution in [0.15, 0.2) is 52.4 Å². The van der Waals surface area contributed by atoms with E-state index in [1.807, 2.05) is 31.2 Å². The average molecular weight is 454 g/mol. The molecule has 0 bridgehead atoms. The van der Waals surface area contributed by atoms with Crippen LogP contribution in [0.25, 0.3) is 6.08 Å². The number of hydrogen-bond donors (Lipinski definition) is 1. The number of carbonyl (C=O) groups is 2. The van der Waals surface area contributed by atoms with E-state index in [9.17, 15) is 14.7 Å². The van der Waals surface area contributed by atoms with E-state index in [4.69, 9.17) is 4.74 Å². The second-order valence-corrected chi connectivity index (χ2v) is 8.02. The van der Waals surface area contributed by atoms with Crippen LogP contribution >= 0.6 is 11.8 Å². The number of carbonyl (C=O) groups excluding carboxylic acids is 1. The number of carboxylic acids is 1. The molecule has 0 unspecified atom stereocenters. The molecule has 1 heterocycles. The number of likely N-dealkylation sites (N-methyl/N-ethyl adjacent to an activating group) is 1. The molecule has 7 nitrogen and oxygen atoms in total. The molecule has 1 aliphatic heterocycles. The van der Waals surface area contributed by atoms with Gasteiger partial charge in [-0.3, -0.25) is 9.69 Å². The molecule has 0 spiro atoms. The van der Waals surface area contributed by atoms with Crippen LogP contribution in [0, 0.1) is 0 Å². The van der Waals surface area contributed by atoms with Crippen LogP contribution < -0.4 is 9.64 Å². The third kappa shape index (κ3) is 4.96. The van der Waals surface area contributed by atoms with Crippen molar-refractivity contribution in [3.63, 3.8) is 0 Å². The van der Waals surface area contributed by atoms with Crippen molar-refractivity contribution in [3.8, 4) is 5.75 Å². The lowest BCUT2D eigenvalue weighted by molar-refractivity contribution is -0.122. The SMILES string of the molecule is CCN1C(=O)/C(=C\c2ccc(N(CC)CC)cc2OC)SC1=Nc1cccc(C(=O)O)c1. The van der Waals surface area contributed by atoms with Gasteiger partial charge in [0.15, 0.2) is 5.17 Å². The van der Waals surface area contributed by atoms with Gasteiger partial charge in [-0.15, -0.1) is 0 Å². The molecule has 0 aliphatic carbocycles. The molecular weight excluding hydrogens is 426 g/mol. The van der Waals surface area contributed by atoms with Crippen molar-refractivity contribution < 1.29 is 19.4 Å². The summed E-state index contributed by atoms with van der Waals surface area (Å²) < 4.78 is 5.59. The standard InChI is InChI=1S/C24H27N3O4S/c1-5-26(6-2)19-12-11-16(20(15-19)31-4)14-21-22(28)27(7-3)24(32-21)25-18-10-8-9-17(13-18)23(29)30/h8-15H,5-7H2,1-4H3,(H,29,30)/b21-14+,25-24?. The number of thioether (sulfide) groups is 1. The largest absolute Gasteiger partial charge is 0.496 e. The molecule has 1 aliphatic rings. The summed E-state index contributed by atoms with van der Waals surface area (Å²) in [4.78, 5) is 33.1. The van der Waals surface area contributed by atoms with Gasteiger partial charge in [0, 0.05) is 37.0 Å². The Morgan fingerprint density at radius 3 is 2.56 bits per heavy atom. The quantitative estimate of drug-likeness (QED) is 0.575. The van der Waals surface area contributed by atoms with Gasteiger partial charge < -0.3 is 14.7 Å². The van der Waals surface area contributed by atoms with Crippen LogP contribution in [0.2, 0.25) is 0 Å². The fourth-order valence-corrected chi connectivity index (χ4v) is 4.49. The Balaban J connectivity index is 1.95. The predicted molar refractivity (Wildman–Crippen MR) is 130 cm³/mol. The summed E-state index contributed by atoms with van der Waals surface area (Å²) in [6.45, 7) is 8.33. The number of methoxy groups -OCH3 is 1. The topological polar surface area (TPSA) is 82.4 Å². The fraction of sp³-hybridized carbons (Fsp3) is 0.292. The van der Waals surface area contributed by atoms with Gasteiger partial charge in [-0.1, -0.05) is 6.07 Å². The van der Waals surface area contributed by atoms with E-state index in [0.29, 0.717) is 28.1 Å². The molecule has 0 radical (unpaired) electrons. The number of ether oxygens (including phenoxy) is 1. The molecule has 1 amide bonds. The highest BCUT2D eigenvalue weighted by Gasteiger charge is 2.32. The van der Waals surface area contributed by atoms with Gasteiger partial charge in [-0.25, -0.2) is 9.79 Å². The van der Waals surface area contributed by atoms with Gasteiger partial charge in [0.2, 0.25) is 0 Å². The Morgan fingerprint density at radius 1 is 1.19 bits per heavy atom. The van der Waals surface area contributed by atoms with E-state index in [1.165, 1.54) is 23.9 Å². The minimum atomic E-state index is -1.02. The first-order chi connectivity index (χ1) is 15.4. The third-order valence-corrected chi connectivity index (χ3v) is 6.16. The molecule has 168 valence electrons. The summed E-state index contributed by atoms with van der Waals surface area (Å²) >= 11 is 1.27. The second kappa shape index (κ2) is 10.4. The van der Waals surface area contributed by atoms with Crippen molar-refractivity contribution >= 4 is 46.3 Å². The van der Waals surface area contributed by atoms with Crippen LogP contribution in [0.3, 0.4) is 0 Å². The van der Waals surface area contributed by atoms with E-state index < -0.39 is 5.97 Å². The first-order valence-electron chi connectivity index (χ1n) is 10.5. The molecule has 1 fully saturated rings. The van der Waals surface area contributed by atoms with Crippen molar-refractivity contribution in [2.45, 2.75) is 20.8 Å². The number of nitrogens with zero attached hydrogens (tertiary/aromatic N) is 3. The smallest absolute Gasteiger partial charge is 0.335 e. The number of rotatable bonds is 8. The van der Waals surface area contributed by atoms with Crippen LogP contribution in [0.5, 0.6) is 5.75 Å². The molecule has 8 heteroatoms. The summed E-state index contributed by atoms with van der Waals surface area (Å²) in [5.41, 5.74) is 2.51. The Kier molecular flexibility index (Phi) is 7.58. The fourth-order valence-electron chi connectivity index (χ4n) is 3.43. The molecule has 3 rings (SSSR count). The summed E-state index contributed by atoms with van der Waals surface area (Å²) in [5.74, 6) is -0.464. The number of carboxylic acid groups (broad SMARTS) is 1. The Hall–Kier alpha value is -3.26. The molecule has 1 N–H and O–H groups in total. The summed E-state index contributed by atoms with van der Waals surface area (Å²) in [6, 6.07) is 12.3. The Morgan fingerprint density at radius 2 is 1.94 bits per heavy atom. The highest BCUT2D eigenvalue weighted by atomic mass is 32.2. The highest BCUT2D eigenvalue weighted by molar-refractivity contribution is 8.18. The lowest BCUT2D eigenvalue weighted by Gasteiger charge is -2.22. The maximum atomic E-state index is 13.0. The maximum Gasteiger partial charge on any atom is 0.335 e. The summed E-state index contributed by atoms with van der Waals surface area (Å²) in [5, 5.41) is 9.73. The summed E-state index contributed by atoms with van der Waals surface area (Å²) in [7, 11) is 1.62. The van der Waals surface area contributed by atoms with E-state index in [-0.39, 0.29) is 11.5 Å². The van der Waals surface area contributed by atoms with Crippen LogP contribution in [-0.2, 0) is 4.79 Å². The first kappa shape index (κ1) is 23.4. The Labute approximate surface area is 192 Å². The average Bonchev–Trinajstić information content (AvgIpc) is 3.09. The van der Waals surface area contributed by atoms with E-state index >= 15 is 0 Å². The minimum absolute atomic E-state index is 0.138. The predicted octanol–water partition coefficient (Wildman–Crippen LogP) is 4.86. The number of aliphatic imine (C=N–C) groups is 1. The first-order valence-corrected chi connectivity index (χ1v) is 11.3. The second-order valence-electron chi connectivity index (χ2n) is 7.01. The van der Waals surface area contributed by atoms with Crippen LogP contribution in [0.4, 0.5) is 11.4 Å². The number of amidine groups is 1. The summed E-state index contributed by atoms with van der Waals surface area (Å²) in [6.07, 6.45) is 1.82. The van der Waals surface area contributed by atoms with Crippen LogP contribution in [-0.4, -0.2) is 53.8 Å². The molecule has 1 saturated heterocycles. The van der Waals surface area contributed by atoms with Gasteiger partial charge in [-0.2, -0.15) is 0 Å². The van der Waals surface area contributed by atoms with Gasteiger partial charge in [0.25, 0.3) is 5.91 Å². The number of amides is 1. The van der Waals surface area contributed by atoms with Crippen molar-refractivity contribution in [3.05, 3.63) is 58.5 Å². The van der Waals surface area contributed by atoms with Crippen molar-refractivity contribution in [2.75, 3.05) is 31.6 Å². The molecular formula is C24H27N3O4S. The Bertz CT molecular complexity index is 1080. The zero-order chi connectivity index (χ0) is 23.3. The van der Waals surface area contributed by atoms with Gasteiger partial charge in [-0.05, 0) is 68.9 Å². The number of anilines is 1. The van der Waals surface area contributed by atoms with E-state index in [0.717, 1.165) is 24.3 Å². The molecule has 2 aromatic carbocycles. The van der Waals surface area contributed by atoms with Crippen LogP contribution in [0.1, 0.15) is 36.7 Å². The van der Waals surface area contributed by atoms with Gasteiger partial charge in [0.05, 0.1) is 23.3 Å². The van der Waals surface area contributed by atoms with E-state index in [2.05, 4.69) is 23.7 Å². The molecule has 2 aromatic rings. The molecule has 0 aromatic heterocycles. The van der Waals surface area contributed by atoms with Gasteiger partial charge >= 0.3 is 5.97 Å². The number of hydrogen-bond acceptors (Lipinski definition) is 6.